The van der Waals surface area contributed by atoms with Crippen molar-refractivity contribution in [2.75, 3.05) is 28.4 Å². The maximum absolute atomic E-state index is 13.5. The van der Waals surface area contributed by atoms with Crippen LogP contribution in [0.2, 0.25) is 0 Å². The maximum Gasteiger partial charge on any atom is 0.209 e. The number of H-pyrrole nitrogens is 1. The van der Waals surface area contributed by atoms with Gasteiger partial charge in [0.25, 0.3) is 0 Å². The van der Waals surface area contributed by atoms with Gasteiger partial charge in [-0.15, -0.1) is 0 Å². The molecule has 0 saturated heterocycles. The van der Waals surface area contributed by atoms with Gasteiger partial charge < -0.3 is 28.7 Å². The van der Waals surface area contributed by atoms with Crippen LogP contribution >= 0.6 is 0 Å². The molecule has 0 unspecified atom stereocenters. The van der Waals surface area contributed by atoms with Crippen molar-refractivity contribution in [1.29, 1.82) is 0 Å². The van der Waals surface area contributed by atoms with E-state index >= 15 is 0 Å². The molecule has 4 rings (SSSR count). The summed E-state index contributed by atoms with van der Waals surface area (Å²) in [7, 11) is 5.96. The van der Waals surface area contributed by atoms with Crippen LogP contribution in [0.15, 0.2) is 53.3 Å². The fourth-order valence-corrected chi connectivity index (χ4v) is 3.72. The molecule has 0 amide bonds. The Labute approximate surface area is 179 Å². The van der Waals surface area contributed by atoms with Gasteiger partial charge in [-0.2, -0.15) is 0 Å². The first-order chi connectivity index (χ1) is 15.1. The van der Waals surface area contributed by atoms with E-state index < -0.39 is 0 Å². The first-order valence-corrected chi connectivity index (χ1v) is 9.65. The Morgan fingerprint density at radius 3 is 2.00 bits per heavy atom. The zero-order valence-electron chi connectivity index (χ0n) is 17.8. The minimum Gasteiger partial charge on any atom is -0.492 e. The van der Waals surface area contributed by atoms with Crippen LogP contribution < -0.4 is 29.1 Å². The Morgan fingerprint density at radius 2 is 1.35 bits per heavy atom. The topological polar surface area (TPSA) is 79.0 Å². The monoisotopic (exact) mass is 421 g/mol. The number of para-hydroxylation sites is 1. The van der Waals surface area contributed by atoms with Crippen LogP contribution in [0.3, 0.4) is 0 Å². The predicted molar refractivity (Wildman–Crippen MR) is 119 cm³/mol. The summed E-state index contributed by atoms with van der Waals surface area (Å²) < 4.78 is 28.2. The summed E-state index contributed by atoms with van der Waals surface area (Å²) in [6.07, 6.45) is 0. The van der Waals surface area contributed by atoms with Crippen molar-refractivity contribution >= 4 is 21.8 Å². The number of aromatic amines is 1. The largest absolute Gasteiger partial charge is 0.492 e. The van der Waals surface area contributed by atoms with Crippen molar-refractivity contribution in [1.82, 2.24) is 4.98 Å². The second-order valence-corrected chi connectivity index (χ2v) is 6.79. The number of hydrogen-bond acceptors (Lipinski definition) is 6. The van der Waals surface area contributed by atoms with E-state index in [1.165, 1.54) is 28.4 Å². The molecule has 4 aromatic rings. The van der Waals surface area contributed by atoms with Crippen molar-refractivity contribution in [3.63, 3.8) is 0 Å². The van der Waals surface area contributed by atoms with Crippen molar-refractivity contribution in [3.05, 3.63) is 64.3 Å². The Balaban J connectivity index is 2.00. The molecule has 0 radical (unpaired) electrons. The fraction of sp³-hybridized carbons (Fsp3) is 0.208. The van der Waals surface area contributed by atoms with E-state index in [0.29, 0.717) is 45.7 Å². The van der Waals surface area contributed by atoms with Crippen LogP contribution in [0.25, 0.3) is 21.8 Å². The molecular weight excluding hydrogens is 398 g/mol. The van der Waals surface area contributed by atoms with Gasteiger partial charge in [-0.25, -0.2) is 0 Å². The summed E-state index contributed by atoms with van der Waals surface area (Å²) in [5.74, 6) is 1.78. The highest BCUT2D eigenvalue weighted by molar-refractivity contribution is 6.03. The van der Waals surface area contributed by atoms with E-state index in [4.69, 9.17) is 23.7 Å². The minimum absolute atomic E-state index is 0.231. The van der Waals surface area contributed by atoms with Gasteiger partial charge in [0.2, 0.25) is 16.9 Å². The summed E-state index contributed by atoms with van der Waals surface area (Å²) >= 11 is 0. The average Bonchev–Trinajstić information content (AvgIpc) is 2.81. The van der Waals surface area contributed by atoms with Gasteiger partial charge >= 0.3 is 0 Å². The molecule has 7 heteroatoms. The highest BCUT2D eigenvalue weighted by atomic mass is 16.5. The molecule has 0 fully saturated rings. The van der Waals surface area contributed by atoms with Crippen molar-refractivity contribution < 1.29 is 23.7 Å². The molecule has 0 atom stereocenters. The zero-order valence-corrected chi connectivity index (χ0v) is 17.8. The minimum atomic E-state index is -0.231. The number of nitrogens with one attached hydrogen (secondary N) is 1. The van der Waals surface area contributed by atoms with Crippen molar-refractivity contribution in [3.8, 4) is 28.7 Å². The van der Waals surface area contributed by atoms with Gasteiger partial charge in [0.1, 0.15) is 17.9 Å². The lowest BCUT2D eigenvalue weighted by molar-refractivity contribution is 0.308. The quantitative estimate of drug-likeness (QED) is 0.449. The van der Waals surface area contributed by atoms with E-state index in [9.17, 15) is 4.79 Å². The zero-order chi connectivity index (χ0) is 22.0. The molecule has 0 aliphatic heterocycles. The standard InChI is InChI=1S/C24H23NO6/c1-27-21-17-19(22(28-2)24(30-4)23(21)29-3)25-18-15(20(17)26)11-8-12-16(18)31-13-14-9-6-5-7-10-14/h5-12H,13H2,1-4H3,(H,25,26). The second kappa shape index (κ2) is 8.47. The van der Waals surface area contributed by atoms with E-state index in [2.05, 4.69) is 4.98 Å². The Morgan fingerprint density at radius 1 is 0.710 bits per heavy atom. The van der Waals surface area contributed by atoms with Gasteiger partial charge in [-0.05, 0) is 17.7 Å². The van der Waals surface area contributed by atoms with E-state index in [1.807, 2.05) is 36.4 Å². The molecule has 7 nitrogen and oxygen atoms in total. The molecule has 1 aromatic heterocycles. The predicted octanol–water partition coefficient (Wildman–Crippen LogP) is 4.29. The highest BCUT2D eigenvalue weighted by Crippen LogP contribution is 2.49. The van der Waals surface area contributed by atoms with E-state index in [0.717, 1.165) is 5.56 Å². The first-order valence-electron chi connectivity index (χ1n) is 9.65. The van der Waals surface area contributed by atoms with Gasteiger partial charge in [0.05, 0.1) is 44.7 Å². The molecule has 3 aromatic carbocycles. The Bertz CT molecular complexity index is 1300. The Kier molecular flexibility index (Phi) is 5.58. The SMILES string of the molecule is COc1c(OC)c(OC)c2c(=O)c3cccc(OCc4ccccc4)c3[nH]c2c1OC. The molecule has 0 saturated carbocycles. The number of benzene rings is 3. The third-order valence-electron chi connectivity index (χ3n) is 5.12. The summed E-state index contributed by atoms with van der Waals surface area (Å²) in [4.78, 5) is 16.8. The molecule has 1 N–H and O–H groups in total. The van der Waals surface area contributed by atoms with Crippen LogP contribution in [0, 0.1) is 0 Å². The van der Waals surface area contributed by atoms with Crippen molar-refractivity contribution in [2.45, 2.75) is 6.61 Å². The van der Waals surface area contributed by atoms with Crippen LogP contribution in [0.1, 0.15) is 5.56 Å². The number of ether oxygens (including phenoxy) is 5. The number of methoxy groups -OCH3 is 4. The highest BCUT2D eigenvalue weighted by Gasteiger charge is 2.26. The summed E-state index contributed by atoms with van der Waals surface area (Å²) in [6, 6.07) is 15.2. The molecular formula is C24H23NO6. The first kappa shape index (κ1) is 20.4. The van der Waals surface area contributed by atoms with Crippen LogP contribution in [0.5, 0.6) is 28.7 Å². The third-order valence-corrected chi connectivity index (χ3v) is 5.12. The smallest absolute Gasteiger partial charge is 0.209 e. The van der Waals surface area contributed by atoms with Crippen molar-refractivity contribution in [2.24, 2.45) is 0 Å². The average molecular weight is 421 g/mol. The lowest BCUT2D eigenvalue weighted by Gasteiger charge is -2.19. The van der Waals surface area contributed by atoms with E-state index in [1.54, 1.807) is 12.1 Å². The Hall–Kier alpha value is -3.87. The number of fused-ring (bicyclic) bond motifs is 2. The molecule has 0 spiro atoms. The molecule has 0 bridgehead atoms. The van der Waals surface area contributed by atoms with E-state index in [-0.39, 0.29) is 16.9 Å². The summed E-state index contributed by atoms with van der Waals surface area (Å²) in [5.41, 5.74) is 1.78. The lowest BCUT2D eigenvalue weighted by atomic mass is 10.1. The van der Waals surface area contributed by atoms with Crippen LogP contribution in [-0.2, 0) is 6.61 Å². The van der Waals surface area contributed by atoms with Gasteiger partial charge in [0, 0.05) is 0 Å². The maximum atomic E-state index is 13.5. The second-order valence-electron chi connectivity index (χ2n) is 6.79. The number of rotatable bonds is 7. The lowest BCUT2D eigenvalue weighted by Crippen LogP contribution is -2.10. The summed E-state index contributed by atoms with van der Waals surface area (Å²) in [5, 5.41) is 0.773. The number of aromatic nitrogens is 1. The molecule has 1 heterocycles. The third kappa shape index (κ3) is 3.38. The van der Waals surface area contributed by atoms with Gasteiger partial charge in [-0.1, -0.05) is 36.4 Å². The number of hydrogen-bond donors (Lipinski definition) is 1. The molecule has 0 aliphatic carbocycles. The number of pyridine rings is 1. The molecule has 31 heavy (non-hydrogen) atoms. The normalized spacial score (nSPS) is 10.8. The van der Waals surface area contributed by atoms with Gasteiger partial charge in [0.15, 0.2) is 11.5 Å². The van der Waals surface area contributed by atoms with Gasteiger partial charge in [-0.3, -0.25) is 4.79 Å². The molecule has 0 aliphatic rings. The summed E-state index contributed by atoms with van der Waals surface area (Å²) in [6.45, 7) is 0.367. The molecule has 160 valence electrons. The fourth-order valence-electron chi connectivity index (χ4n) is 3.72. The van der Waals surface area contributed by atoms with Crippen LogP contribution in [0.4, 0.5) is 0 Å². The van der Waals surface area contributed by atoms with Crippen LogP contribution in [-0.4, -0.2) is 33.4 Å².